The molecule has 0 aromatic heterocycles. The van der Waals surface area contributed by atoms with Crippen molar-refractivity contribution in [2.75, 3.05) is 32.8 Å². The van der Waals surface area contributed by atoms with E-state index in [0.717, 1.165) is 31.4 Å². The van der Waals surface area contributed by atoms with E-state index < -0.39 is 0 Å². The standard InChI is InChI=1S/C19H29N3O3/c1-2-3-13-25-17-8-6-15(7-9-17)19(24)22-12-4-5-16(14-22)18(23)21-11-10-20/h6-9,16H,2-5,10-14,20H2,1H3,(H,21,23). The number of piperidine rings is 1. The first-order valence-electron chi connectivity index (χ1n) is 9.15. The van der Waals surface area contributed by atoms with Gasteiger partial charge in [-0.2, -0.15) is 0 Å². The summed E-state index contributed by atoms with van der Waals surface area (Å²) in [5.74, 6) is 0.586. The molecule has 0 aliphatic carbocycles. The highest BCUT2D eigenvalue weighted by molar-refractivity contribution is 5.94. The molecule has 1 saturated heterocycles. The largest absolute Gasteiger partial charge is 0.494 e. The van der Waals surface area contributed by atoms with E-state index in [2.05, 4.69) is 12.2 Å². The molecule has 6 nitrogen and oxygen atoms in total. The number of hydrogen-bond donors (Lipinski definition) is 2. The maximum absolute atomic E-state index is 12.7. The van der Waals surface area contributed by atoms with Crippen molar-refractivity contribution < 1.29 is 14.3 Å². The predicted octanol–water partition coefficient (Wildman–Crippen LogP) is 1.79. The van der Waals surface area contributed by atoms with Gasteiger partial charge in [0, 0.05) is 31.7 Å². The lowest BCUT2D eigenvalue weighted by molar-refractivity contribution is -0.126. The molecule has 1 atom stereocenters. The zero-order valence-electron chi connectivity index (χ0n) is 15.0. The number of amides is 2. The first-order valence-corrected chi connectivity index (χ1v) is 9.15. The number of carbonyl (C=O) groups is 2. The number of benzene rings is 1. The normalized spacial score (nSPS) is 17.2. The van der Waals surface area contributed by atoms with Gasteiger partial charge in [-0.25, -0.2) is 0 Å². The van der Waals surface area contributed by atoms with E-state index in [-0.39, 0.29) is 17.7 Å². The Kier molecular flexibility index (Phi) is 7.73. The second-order valence-corrected chi connectivity index (χ2v) is 6.40. The highest BCUT2D eigenvalue weighted by atomic mass is 16.5. The average Bonchev–Trinajstić information content (AvgIpc) is 2.66. The minimum Gasteiger partial charge on any atom is -0.494 e. The number of likely N-dealkylation sites (tertiary alicyclic amines) is 1. The predicted molar refractivity (Wildman–Crippen MR) is 97.5 cm³/mol. The van der Waals surface area contributed by atoms with Crippen LogP contribution in [0.25, 0.3) is 0 Å². The molecule has 1 heterocycles. The molecule has 1 unspecified atom stereocenters. The number of ether oxygens (including phenoxy) is 1. The quantitative estimate of drug-likeness (QED) is 0.702. The van der Waals surface area contributed by atoms with Gasteiger partial charge in [0.1, 0.15) is 5.75 Å². The zero-order valence-corrected chi connectivity index (χ0v) is 15.0. The van der Waals surface area contributed by atoms with Gasteiger partial charge in [0.15, 0.2) is 0 Å². The summed E-state index contributed by atoms with van der Waals surface area (Å²) < 4.78 is 5.62. The Morgan fingerprint density at radius 3 is 2.76 bits per heavy atom. The lowest BCUT2D eigenvalue weighted by Gasteiger charge is -2.32. The number of nitrogens with zero attached hydrogens (tertiary/aromatic N) is 1. The molecule has 1 aliphatic heterocycles. The fourth-order valence-electron chi connectivity index (χ4n) is 2.93. The summed E-state index contributed by atoms with van der Waals surface area (Å²) in [4.78, 5) is 26.6. The maximum atomic E-state index is 12.7. The van der Waals surface area contributed by atoms with Crippen molar-refractivity contribution in [1.82, 2.24) is 10.2 Å². The number of rotatable bonds is 8. The van der Waals surface area contributed by atoms with Gasteiger partial charge < -0.3 is 20.7 Å². The van der Waals surface area contributed by atoms with E-state index in [9.17, 15) is 9.59 Å². The van der Waals surface area contributed by atoms with Crippen molar-refractivity contribution in [3.8, 4) is 5.75 Å². The molecule has 1 aromatic rings. The maximum Gasteiger partial charge on any atom is 0.253 e. The van der Waals surface area contributed by atoms with Gasteiger partial charge >= 0.3 is 0 Å². The van der Waals surface area contributed by atoms with Crippen molar-refractivity contribution in [1.29, 1.82) is 0 Å². The average molecular weight is 347 g/mol. The van der Waals surface area contributed by atoms with Crippen LogP contribution in [0.3, 0.4) is 0 Å². The summed E-state index contributed by atoms with van der Waals surface area (Å²) >= 11 is 0. The molecule has 1 aromatic carbocycles. The molecule has 25 heavy (non-hydrogen) atoms. The van der Waals surface area contributed by atoms with Crippen LogP contribution in [0.2, 0.25) is 0 Å². The second kappa shape index (κ2) is 10.0. The topological polar surface area (TPSA) is 84.7 Å². The zero-order chi connectivity index (χ0) is 18.1. The lowest BCUT2D eigenvalue weighted by atomic mass is 9.96. The minimum absolute atomic E-state index is 0.0115. The van der Waals surface area contributed by atoms with E-state index in [4.69, 9.17) is 10.5 Å². The molecule has 1 aliphatic rings. The van der Waals surface area contributed by atoms with Gasteiger partial charge in [-0.1, -0.05) is 13.3 Å². The van der Waals surface area contributed by atoms with Crippen LogP contribution in [0.5, 0.6) is 5.75 Å². The minimum atomic E-state index is -0.152. The third kappa shape index (κ3) is 5.74. The number of nitrogens with two attached hydrogens (primary N) is 1. The molecule has 2 rings (SSSR count). The van der Waals surface area contributed by atoms with E-state index >= 15 is 0 Å². The summed E-state index contributed by atoms with van der Waals surface area (Å²) in [6.07, 6.45) is 3.75. The van der Waals surface area contributed by atoms with Crippen molar-refractivity contribution in [3.63, 3.8) is 0 Å². The highest BCUT2D eigenvalue weighted by Crippen LogP contribution is 2.20. The third-order valence-corrected chi connectivity index (χ3v) is 4.39. The van der Waals surface area contributed by atoms with Gasteiger partial charge in [-0.15, -0.1) is 0 Å². The summed E-state index contributed by atoms with van der Waals surface area (Å²) in [5, 5.41) is 2.81. The van der Waals surface area contributed by atoms with Crippen LogP contribution >= 0.6 is 0 Å². The van der Waals surface area contributed by atoms with E-state index in [0.29, 0.717) is 38.3 Å². The SMILES string of the molecule is CCCCOc1ccc(C(=O)N2CCCC(C(=O)NCCN)C2)cc1. The summed E-state index contributed by atoms with van der Waals surface area (Å²) in [6.45, 7) is 4.86. The van der Waals surface area contributed by atoms with E-state index in [1.54, 1.807) is 17.0 Å². The molecule has 2 amide bonds. The molecule has 0 bridgehead atoms. The second-order valence-electron chi connectivity index (χ2n) is 6.40. The highest BCUT2D eigenvalue weighted by Gasteiger charge is 2.28. The Hall–Kier alpha value is -2.08. The summed E-state index contributed by atoms with van der Waals surface area (Å²) in [7, 11) is 0. The number of hydrogen-bond acceptors (Lipinski definition) is 4. The molecule has 1 fully saturated rings. The van der Waals surface area contributed by atoms with Crippen molar-refractivity contribution in [2.45, 2.75) is 32.6 Å². The molecule has 6 heteroatoms. The fourth-order valence-corrected chi connectivity index (χ4v) is 2.93. The molecule has 0 saturated carbocycles. The first kappa shape index (κ1) is 19.2. The van der Waals surface area contributed by atoms with Crippen LogP contribution in [0.15, 0.2) is 24.3 Å². The Bertz CT molecular complexity index is 560. The molecular weight excluding hydrogens is 318 g/mol. The Labute approximate surface area is 149 Å². The molecule has 3 N–H and O–H groups in total. The van der Waals surface area contributed by atoms with Crippen LogP contribution in [0, 0.1) is 5.92 Å². The monoisotopic (exact) mass is 347 g/mol. The summed E-state index contributed by atoms with van der Waals surface area (Å²) in [6, 6.07) is 7.25. The number of nitrogens with one attached hydrogen (secondary N) is 1. The number of unbranched alkanes of at least 4 members (excludes halogenated alkanes) is 1. The fraction of sp³-hybridized carbons (Fsp3) is 0.579. The van der Waals surface area contributed by atoms with Gasteiger partial charge in [-0.3, -0.25) is 9.59 Å². The Morgan fingerprint density at radius 1 is 1.32 bits per heavy atom. The Morgan fingerprint density at radius 2 is 2.08 bits per heavy atom. The van der Waals surface area contributed by atoms with Crippen LogP contribution < -0.4 is 15.8 Å². The first-order chi connectivity index (χ1) is 12.2. The van der Waals surface area contributed by atoms with Gasteiger partial charge in [0.2, 0.25) is 5.91 Å². The van der Waals surface area contributed by atoms with Crippen LogP contribution in [0.1, 0.15) is 43.0 Å². The van der Waals surface area contributed by atoms with Crippen LogP contribution in [-0.2, 0) is 4.79 Å². The van der Waals surface area contributed by atoms with Gasteiger partial charge in [0.05, 0.1) is 12.5 Å². The van der Waals surface area contributed by atoms with Gasteiger partial charge in [0.25, 0.3) is 5.91 Å². The van der Waals surface area contributed by atoms with Crippen LogP contribution in [-0.4, -0.2) is 49.5 Å². The molecule has 0 spiro atoms. The third-order valence-electron chi connectivity index (χ3n) is 4.39. The molecular formula is C19H29N3O3. The molecule has 138 valence electrons. The van der Waals surface area contributed by atoms with E-state index in [1.165, 1.54) is 0 Å². The van der Waals surface area contributed by atoms with Crippen molar-refractivity contribution in [3.05, 3.63) is 29.8 Å². The van der Waals surface area contributed by atoms with Gasteiger partial charge in [-0.05, 0) is 43.5 Å². The summed E-state index contributed by atoms with van der Waals surface area (Å²) in [5.41, 5.74) is 6.05. The number of carbonyl (C=O) groups excluding carboxylic acids is 2. The van der Waals surface area contributed by atoms with Crippen molar-refractivity contribution >= 4 is 11.8 Å². The lowest BCUT2D eigenvalue weighted by Crippen LogP contribution is -2.46. The van der Waals surface area contributed by atoms with E-state index in [1.807, 2.05) is 12.1 Å². The smallest absolute Gasteiger partial charge is 0.253 e. The molecule has 0 radical (unpaired) electrons. The Balaban J connectivity index is 1.91. The van der Waals surface area contributed by atoms with Crippen LogP contribution in [0.4, 0.5) is 0 Å². The van der Waals surface area contributed by atoms with Crippen molar-refractivity contribution in [2.24, 2.45) is 11.7 Å².